The Morgan fingerprint density at radius 2 is 2.29 bits per heavy atom. The number of piperidine rings is 1. The van der Waals surface area contributed by atoms with E-state index < -0.39 is 5.54 Å². The molecule has 0 aromatic rings. The average molecular weight is 237 g/mol. The predicted molar refractivity (Wildman–Crippen MR) is 71.7 cm³/mol. The van der Waals surface area contributed by atoms with Crippen molar-refractivity contribution >= 4 is 0 Å². The Balaban J connectivity index is 2.52. The summed E-state index contributed by atoms with van der Waals surface area (Å²) in [5, 5.41) is 12.3. The number of nitrogens with zero attached hydrogens (tertiary/aromatic N) is 2. The lowest BCUT2D eigenvalue weighted by Crippen LogP contribution is -2.48. The highest BCUT2D eigenvalue weighted by Gasteiger charge is 2.29. The van der Waals surface area contributed by atoms with Crippen molar-refractivity contribution in [3.8, 4) is 6.07 Å². The third-order valence-electron chi connectivity index (χ3n) is 4.25. The largest absolute Gasteiger partial charge is 0.303 e. The van der Waals surface area contributed by atoms with E-state index in [1.165, 1.54) is 32.4 Å². The predicted octanol–water partition coefficient (Wildman–Crippen LogP) is 2.39. The van der Waals surface area contributed by atoms with Gasteiger partial charge in [-0.15, -0.1) is 0 Å². The van der Waals surface area contributed by atoms with Crippen molar-refractivity contribution in [1.82, 2.24) is 10.2 Å². The van der Waals surface area contributed by atoms with E-state index in [-0.39, 0.29) is 0 Å². The first-order valence-corrected chi connectivity index (χ1v) is 6.89. The van der Waals surface area contributed by atoms with E-state index in [4.69, 9.17) is 0 Å². The standard InChI is InChI=1S/C14H27N3/c1-5-13-7-6-8-17(10-13)12(2)9-14(3,11-15)16-4/h12-13,16H,5-10H2,1-4H3. The minimum atomic E-state index is -0.390. The monoisotopic (exact) mass is 237 g/mol. The van der Waals surface area contributed by atoms with Gasteiger partial charge in [0.05, 0.1) is 6.07 Å². The lowest BCUT2D eigenvalue weighted by molar-refractivity contribution is 0.113. The van der Waals surface area contributed by atoms with Crippen LogP contribution in [0.15, 0.2) is 0 Å². The van der Waals surface area contributed by atoms with E-state index >= 15 is 0 Å². The average Bonchev–Trinajstić information content (AvgIpc) is 2.38. The minimum absolute atomic E-state index is 0.390. The van der Waals surface area contributed by atoms with Gasteiger partial charge in [-0.05, 0) is 52.6 Å². The molecule has 1 heterocycles. The van der Waals surface area contributed by atoms with E-state index in [9.17, 15) is 5.26 Å². The molecular weight excluding hydrogens is 210 g/mol. The SMILES string of the molecule is CCC1CCCN(C(C)CC(C)(C#N)NC)C1. The van der Waals surface area contributed by atoms with E-state index in [0.717, 1.165) is 12.3 Å². The Hall–Kier alpha value is -0.590. The molecule has 1 fully saturated rings. The second kappa shape index (κ2) is 6.37. The fourth-order valence-electron chi connectivity index (χ4n) is 2.75. The second-order valence-electron chi connectivity index (χ2n) is 5.66. The maximum absolute atomic E-state index is 9.20. The van der Waals surface area contributed by atoms with Crippen LogP contribution in [0.3, 0.4) is 0 Å². The highest BCUT2D eigenvalue weighted by Crippen LogP contribution is 2.24. The normalized spacial score (nSPS) is 27.1. The van der Waals surface area contributed by atoms with E-state index in [1.807, 2.05) is 14.0 Å². The number of nitriles is 1. The highest BCUT2D eigenvalue weighted by atomic mass is 15.2. The van der Waals surface area contributed by atoms with Crippen molar-refractivity contribution in [2.24, 2.45) is 5.92 Å². The molecule has 3 nitrogen and oxygen atoms in total. The van der Waals surface area contributed by atoms with Gasteiger partial charge < -0.3 is 10.2 Å². The van der Waals surface area contributed by atoms with Crippen LogP contribution in [0.25, 0.3) is 0 Å². The van der Waals surface area contributed by atoms with Crippen LogP contribution in [0.4, 0.5) is 0 Å². The van der Waals surface area contributed by atoms with Crippen LogP contribution in [0.2, 0.25) is 0 Å². The van der Waals surface area contributed by atoms with Crippen molar-refractivity contribution in [3.63, 3.8) is 0 Å². The molecule has 0 aromatic carbocycles. The molecule has 0 bridgehead atoms. The smallest absolute Gasteiger partial charge is 0.105 e. The molecule has 1 rings (SSSR count). The maximum Gasteiger partial charge on any atom is 0.105 e. The van der Waals surface area contributed by atoms with E-state index in [2.05, 4.69) is 30.1 Å². The number of nitrogens with one attached hydrogen (secondary N) is 1. The van der Waals surface area contributed by atoms with Gasteiger partial charge in [0.1, 0.15) is 5.54 Å². The second-order valence-corrected chi connectivity index (χ2v) is 5.66. The zero-order valence-corrected chi connectivity index (χ0v) is 11.8. The highest BCUT2D eigenvalue weighted by molar-refractivity contribution is 5.04. The molecular formula is C14H27N3. The first-order valence-electron chi connectivity index (χ1n) is 6.89. The van der Waals surface area contributed by atoms with Crippen molar-refractivity contribution in [1.29, 1.82) is 5.26 Å². The van der Waals surface area contributed by atoms with Crippen LogP contribution >= 0.6 is 0 Å². The number of rotatable bonds is 5. The van der Waals surface area contributed by atoms with Crippen LogP contribution in [0.5, 0.6) is 0 Å². The van der Waals surface area contributed by atoms with Crippen molar-refractivity contribution in [2.75, 3.05) is 20.1 Å². The molecule has 0 aliphatic carbocycles. The van der Waals surface area contributed by atoms with Gasteiger partial charge in [-0.1, -0.05) is 13.3 Å². The quantitative estimate of drug-likeness (QED) is 0.798. The van der Waals surface area contributed by atoms with Crippen LogP contribution in [-0.4, -0.2) is 36.6 Å². The lowest BCUT2D eigenvalue weighted by Gasteiger charge is -2.38. The number of hydrogen-bond donors (Lipinski definition) is 1. The number of hydrogen-bond acceptors (Lipinski definition) is 3. The zero-order valence-electron chi connectivity index (χ0n) is 11.8. The van der Waals surface area contributed by atoms with Crippen LogP contribution in [0, 0.1) is 17.2 Å². The molecule has 98 valence electrons. The summed E-state index contributed by atoms with van der Waals surface area (Å²) < 4.78 is 0. The molecule has 1 N–H and O–H groups in total. The molecule has 0 amide bonds. The van der Waals surface area contributed by atoms with Gasteiger partial charge in [-0.3, -0.25) is 0 Å². The Bertz CT molecular complexity index is 271. The molecule has 0 aromatic heterocycles. The molecule has 1 saturated heterocycles. The Labute approximate surface area is 106 Å². The molecule has 0 spiro atoms. The summed E-state index contributed by atoms with van der Waals surface area (Å²) >= 11 is 0. The molecule has 0 saturated carbocycles. The Morgan fingerprint density at radius 1 is 1.59 bits per heavy atom. The molecule has 3 atom stereocenters. The van der Waals surface area contributed by atoms with Crippen molar-refractivity contribution < 1.29 is 0 Å². The van der Waals surface area contributed by atoms with Gasteiger partial charge in [0, 0.05) is 12.6 Å². The van der Waals surface area contributed by atoms with Crippen molar-refractivity contribution in [2.45, 2.75) is 58.0 Å². The summed E-state index contributed by atoms with van der Waals surface area (Å²) in [6.07, 6.45) is 4.87. The maximum atomic E-state index is 9.20. The van der Waals surface area contributed by atoms with E-state index in [1.54, 1.807) is 0 Å². The molecule has 3 unspecified atom stereocenters. The van der Waals surface area contributed by atoms with Gasteiger partial charge in [-0.2, -0.15) is 5.26 Å². The lowest BCUT2D eigenvalue weighted by atomic mass is 9.90. The van der Waals surface area contributed by atoms with Gasteiger partial charge in [0.2, 0.25) is 0 Å². The van der Waals surface area contributed by atoms with Gasteiger partial charge in [-0.25, -0.2) is 0 Å². The third kappa shape index (κ3) is 3.97. The Kier molecular flexibility index (Phi) is 5.42. The van der Waals surface area contributed by atoms with Gasteiger partial charge >= 0.3 is 0 Å². The van der Waals surface area contributed by atoms with Crippen LogP contribution < -0.4 is 5.32 Å². The molecule has 17 heavy (non-hydrogen) atoms. The van der Waals surface area contributed by atoms with Crippen molar-refractivity contribution in [3.05, 3.63) is 0 Å². The summed E-state index contributed by atoms with van der Waals surface area (Å²) in [5.74, 6) is 0.856. The summed E-state index contributed by atoms with van der Waals surface area (Å²) in [7, 11) is 1.88. The van der Waals surface area contributed by atoms with Gasteiger partial charge in [0.25, 0.3) is 0 Å². The van der Waals surface area contributed by atoms with Gasteiger partial charge in [0.15, 0.2) is 0 Å². The first-order chi connectivity index (χ1) is 8.04. The molecule has 1 aliphatic heterocycles. The first kappa shape index (κ1) is 14.5. The molecule has 3 heteroatoms. The summed E-state index contributed by atoms with van der Waals surface area (Å²) in [6, 6.07) is 2.87. The molecule has 1 aliphatic rings. The fourth-order valence-corrected chi connectivity index (χ4v) is 2.75. The third-order valence-corrected chi connectivity index (χ3v) is 4.25. The fraction of sp³-hybridized carbons (Fsp3) is 0.929. The molecule has 0 radical (unpaired) electrons. The summed E-state index contributed by atoms with van der Waals surface area (Å²) in [5.41, 5.74) is -0.390. The summed E-state index contributed by atoms with van der Waals surface area (Å²) in [6.45, 7) is 8.94. The van der Waals surface area contributed by atoms with E-state index in [0.29, 0.717) is 6.04 Å². The van der Waals surface area contributed by atoms with Crippen LogP contribution in [0.1, 0.15) is 46.5 Å². The summed E-state index contributed by atoms with van der Waals surface area (Å²) in [4.78, 5) is 2.56. The Morgan fingerprint density at radius 3 is 2.82 bits per heavy atom. The van der Waals surface area contributed by atoms with Crippen LogP contribution in [-0.2, 0) is 0 Å². The topological polar surface area (TPSA) is 39.1 Å². The minimum Gasteiger partial charge on any atom is -0.303 e. The zero-order chi connectivity index (χ0) is 12.9. The number of likely N-dealkylation sites (tertiary alicyclic amines) is 1.